The van der Waals surface area contributed by atoms with Gasteiger partial charge >= 0.3 is 5.97 Å². The van der Waals surface area contributed by atoms with Gasteiger partial charge in [-0.2, -0.15) is 0 Å². The molecule has 1 aromatic carbocycles. The van der Waals surface area contributed by atoms with Crippen LogP contribution in [0, 0.1) is 0 Å². The summed E-state index contributed by atoms with van der Waals surface area (Å²) in [6.07, 6.45) is -1.11. The number of carbonyl (C=O) groups is 2. The van der Waals surface area contributed by atoms with Crippen LogP contribution in [0.15, 0.2) is 29.5 Å². The Morgan fingerprint density at radius 1 is 1.31 bits per heavy atom. The second-order valence-corrected chi connectivity index (χ2v) is 8.93. The zero-order chi connectivity index (χ0) is 19.2. The molecule has 0 spiro atoms. The molecule has 140 valence electrons. The molecular weight excluding hydrogens is 405 g/mol. The van der Waals surface area contributed by atoms with Gasteiger partial charge in [0, 0.05) is 7.11 Å². The van der Waals surface area contributed by atoms with Gasteiger partial charge in [0.25, 0.3) is 5.91 Å². The Balaban J connectivity index is 1.82. The minimum atomic E-state index is -3.63. The molecule has 0 radical (unpaired) electrons. The number of ether oxygens (including phenoxy) is 2. The summed E-state index contributed by atoms with van der Waals surface area (Å²) in [6.45, 7) is 1.39. The summed E-state index contributed by atoms with van der Waals surface area (Å²) in [5, 5.41) is -0.506. The number of benzene rings is 1. The third-order valence-electron chi connectivity index (χ3n) is 4.23. The highest BCUT2D eigenvalue weighted by atomic mass is 35.5. The molecule has 26 heavy (non-hydrogen) atoms. The molecule has 0 unspecified atom stereocenters. The molecular formula is C16H15Cl2NO6S. The molecule has 2 heterocycles. The van der Waals surface area contributed by atoms with Crippen LogP contribution in [-0.4, -0.2) is 49.5 Å². The minimum Gasteiger partial charge on any atom is -0.456 e. The number of methoxy groups -OCH3 is 1. The van der Waals surface area contributed by atoms with Crippen molar-refractivity contribution in [1.29, 1.82) is 0 Å². The van der Waals surface area contributed by atoms with Crippen LogP contribution in [0.4, 0.5) is 0 Å². The molecule has 10 heteroatoms. The van der Waals surface area contributed by atoms with E-state index >= 15 is 0 Å². The monoisotopic (exact) mass is 419 g/mol. The van der Waals surface area contributed by atoms with E-state index in [-0.39, 0.29) is 23.6 Å². The molecule has 0 aliphatic carbocycles. The highest BCUT2D eigenvalue weighted by Crippen LogP contribution is 2.38. The lowest BCUT2D eigenvalue weighted by Crippen LogP contribution is -2.70. The van der Waals surface area contributed by atoms with Crippen molar-refractivity contribution in [2.45, 2.75) is 25.0 Å². The normalized spacial score (nSPS) is 24.2. The minimum absolute atomic E-state index is 0.0526. The van der Waals surface area contributed by atoms with Crippen LogP contribution in [0.3, 0.4) is 0 Å². The SMILES string of the molecule is CO[C@H]1C(=O)N2C(C(=O)OCc3ccc(Cl)c(Cl)c3)=C(C)CS(=O)(=O)[C@H]12. The lowest BCUT2D eigenvalue weighted by atomic mass is 10.1. The predicted octanol–water partition coefficient (Wildman–Crippen LogP) is 1.92. The fourth-order valence-electron chi connectivity index (χ4n) is 3.02. The highest BCUT2D eigenvalue weighted by Gasteiger charge is 2.60. The van der Waals surface area contributed by atoms with E-state index in [0.29, 0.717) is 15.6 Å². The summed E-state index contributed by atoms with van der Waals surface area (Å²) in [5.74, 6) is -1.70. The summed E-state index contributed by atoms with van der Waals surface area (Å²) >= 11 is 11.8. The lowest BCUT2D eigenvalue weighted by molar-refractivity contribution is -0.164. The molecule has 1 fully saturated rings. The first-order valence-electron chi connectivity index (χ1n) is 7.55. The molecule has 0 bridgehead atoms. The number of nitrogens with zero attached hydrogens (tertiary/aromatic N) is 1. The fraction of sp³-hybridized carbons (Fsp3) is 0.375. The molecule has 7 nitrogen and oxygen atoms in total. The Labute approximate surface area is 160 Å². The number of hydrogen-bond donors (Lipinski definition) is 0. The van der Waals surface area contributed by atoms with Gasteiger partial charge in [0.05, 0.1) is 15.8 Å². The van der Waals surface area contributed by atoms with Crippen LogP contribution < -0.4 is 0 Å². The van der Waals surface area contributed by atoms with E-state index in [1.807, 2.05) is 0 Å². The first kappa shape index (κ1) is 19.2. The summed E-state index contributed by atoms with van der Waals surface area (Å²) < 4.78 is 34.8. The van der Waals surface area contributed by atoms with Gasteiger partial charge in [-0.1, -0.05) is 29.3 Å². The van der Waals surface area contributed by atoms with E-state index in [4.69, 9.17) is 32.7 Å². The maximum atomic E-state index is 12.5. The van der Waals surface area contributed by atoms with Crippen molar-refractivity contribution >= 4 is 44.9 Å². The maximum absolute atomic E-state index is 12.5. The van der Waals surface area contributed by atoms with E-state index < -0.39 is 33.2 Å². The number of hydrogen-bond acceptors (Lipinski definition) is 6. The van der Waals surface area contributed by atoms with Crippen molar-refractivity contribution < 1.29 is 27.5 Å². The van der Waals surface area contributed by atoms with Gasteiger partial charge in [0.2, 0.25) is 0 Å². The fourth-order valence-corrected chi connectivity index (χ4v) is 5.39. The summed E-state index contributed by atoms with van der Waals surface area (Å²) in [5.41, 5.74) is 0.808. The van der Waals surface area contributed by atoms with E-state index in [1.54, 1.807) is 18.2 Å². The number of amides is 1. The second-order valence-electron chi connectivity index (χ2n) is 6.02. The number of β-lactam (4-membered cyclic amide) rings is 1. The van der Waals surface area contributed by atoms with Crippen LogP contribution in [0.25, 0.3) is 0 Å². The molecule has 0 N–H and O–H groups in total. The molecule has 3 rings (SSSR count). The van der Waals surface area contributed by atoms with E-state index in [1.165, 1.54) is 14.0 Å². The van der Waals surface area contributed by atoms with Crippen molar-refractivity contribution in [3.8, 4) is 0 Å². The topological polar surface area (TPSA) is 90.0 Å². The summed E-state index contributed by atoms with van der Waals surface area (Å²) in [4.78, 5) is 25.6. The lowest BCUT2D eigenvalue weighted by Gasteiger charge is -2.48. The molecule has 1 saturated heterocycles. The third kappa shape index (κ3) is 3.11. The Morgan fingerprint density at radius 3 is 2.62 bits per heavy atom. The molecule has 1 aromatic rings. The third-order valence-corrected chi connectivity index (χ3v) is 6.99. The molecule has 0 saturated carbocycles. The Bertz CT molecular complexity index is 927. The molecule has 2 aliphatic rings. The van der Waals surface area contributed by atoms with Crippen molar-refractivity contribution in [3.63, 3.8) is 0 Å². The highest BCUT2D eigenvalue weighted by molar-refractivity contribution is 7.92. The van der Waals surface area contributed by atoms with E-state index in [9.17, 15) is 18.0 Å². The second kappa shape index (κ2) is 6.84. The summed E-state index contributed by atoms with van der Waals surface area (Å²) in [6, 6.07) is 4.78. The van der Waals surface area contributed by atoms with Crippen LogP contribution in [0.1, 0.15) is 12.5 Å². The number of fused-ring (bicyclic) bond motifs is 1. The smallest absolute Gasteiger partial charge is 0.355 e. The Kier molecular flexibility index (Phi) is 5.04. The number of rotatable bonds is 4. The first-order valence-corrected chi connectivity index (χ1v) is 10.0. The zero-order valence-electron chi connectivity index (χ0n) is 13.9. The zero-order valence-corrected chi connectivity index (χ0v) is 16.2. The van der Waals surface area contributed by atoms with E-state index in [2.05, 4.69) is 0 Å². The van der Waals surface area contributed by atoms with Gasteiger partial charge in [0.15, 0.2) is 21.3 Å². The van der Waals surface area contributed by atoms with Gasteiger partial charge in [-0.25, -0.2) is 13.2 Å². The molecule has 2 aliphatic heterocycles. The Morgan fingerprint density at radius 2 is 2.00 bits per heavy atom. The number of carbonyl (C=O) groups excluding carboxylic acids is 2. The van der Waals surface area contributed by atoms with Crippen LogP contribution in [-0.2, 0) is 35.5 Å². The van der Waals surface area contributed by atoms with Gasteiger partial charge in [-0.05, 0) is 30.2 Å². The average molecular weight is 420 g/mol. The molecule has 1 amide bonds. The van der Waals surface area contributed by atoms with Crippen LogP contribution in [0.5, 0.6) is 0 Å². The maximum Gasteiger partial charge on any atom is 0.355 e. The molecule has 2 atom stereocenters. The largest absolute Gasteiger partial charge is 0.456 e. The van der Waals surface area contributed by atoms with Gasteiger partial charge in [0.1, 0.15) is 12.3 Å². The van der Waals surface area contributed by atoms with Crippen LogP contribution >= 0.6 is 23.2 Å². The van der Waals surface area contributed by atoms with Crippen LogP contribution in [0.2, 0.25) is 10.0 Å². The van der Waals surface area contributed by atoms with Gasteiger partial charge < -0.3 is 9.47 Å². The molecule has 0 aromatic heterocycles. The Hall–Kier alpha value is -1.61. The number of esters is 1. The standard InChI is InChI=1S/C16H15Cl2NO6S/c1-8-7-26(22,23)15-13(24-2)14(20)19(15)12(8)16(21)25-6-9-3-4-10(17)11(18)5-9/h3-5,13,15H,6-7H2,1-2H3/t13-,15+/m0/s1. The van der Waals surface area contributed by atoms with E-state index in [0.717, 1.165) is 4.90 Å². The van der Waals surface area contributed by atoms with Crippen molar-refractivity contribution in [3.05, 3.63) is 45.1 Å². The number of sulfone groups is 1. The average Bonchev–Trinajstić information content (AvgIpc) is 2.56. The predicted molar refractivity (Wildman–Crippen MR) is 94.2 cm³/mol. The first-order chi connectivity index (χ1) is 12.2. The van der Waals surface area contributed by atoms with Crippen molar-refractivity contribution in [1.82, 2.24) is 4.90 Å². The van der Waals surface area contributed by atoms with Crippen molar-refractivity contribution in [2.75, 3.05) is 12.9 Å². The summed E-state index contributed by atoms with van der Waals surface area (Å²) in [7, 11) is -2.38. The van der Waals surface area contributed by atoms with Crippen molar-refractivity contribution in [2.24, 2.45) is 0 Å². The van der Waals surface area contributed by atoms with Gasteiger partial charge in [-0.3, -0.25) is 9.69 Å². The van der Waals surface area contributed by atoms with Gasteiger partial charge in [-0.15, -0.1) is 0 Å². The number of halogens is 2. The quantitative estimate of drug-likeness (QED) is 0.546.